The van der Waals surface area contributed by atoms with Crippen LogP contribution in [0.5, 0.6) is 0 Å². The summed E-state index contributed by atoms with van der Waals surface area (Å²) in [5.74, 6) is -0.506. The molecule has 62 valence electrons. The maximum Gasteiger partial charge on any atom is 0.335 e. The summed E-state index contributed by atoms with van der Waals surface area (Å²) >= 11 is 0. The predicted molar refractivity (Wildman–Crippen MR) is 44.5 cm³/mol. The average Bonchev–Trinajstić information content (AvgIpc) is 2.51. The van der Waals surface area contributed by atoms with Gasteiger partial charge in [-0.25, -0.2) is 4.79 Å². The largest absolute Gasteiger partial charge is 0.478 e. The van der Waals surface area contributed by atoms with Crippen LogP contribution in [0.4, 0.5) is 0 Å². The van der Waals surface area contributed by atoms with Crippen molar-refractivity contribution < 1.29 is 14.3 Å². The second kappa shape index (κ2) is 3.57. The van der Waals surface area contributed by atoms with Gasteiger partial charge in [-0.2, -0.15) is 0 Å². The first-order valence-electron chi connectivity index (χ1n) is 3.35. The first kappa shape index (κ1) is 8.33. The summed E-state index contributed by atoms with van der Waals surface area (Å²) in [5, 5.41) is 8.59. The van der Waals surface area contributed by atoms with Gasteiger partial charge in [0.25, 0.3) is 0 Å². The predicted octanol–water partition coefficient (Wildman–Crippen LogP) is 1.93. The molecule has 0 aromatic carbocycles. The molecule has 1 heterocycles. The van der Waals surface area contributed by atoms with E-state index in [1.54, 1.807) is 12.1 Å². The fraction of sp³-hybridized carbons (Fsp3) is 0. The van der Waals surface area contributed by atoms with E-state index in [-0.39, 0.29) is 5.57 Å². The highest BCUT2D eigenvalue weighted by Gasteiger charge is 2.02. The summed E-state index contributed by atoms with van der Waals surface area (Å²) < 4.78 is 4.93. The molecule has 3 nitrogen and oxygen atoms in total. The molecule has 12 heavy (non-hydrogen) atoms. The van der Waals surface area contributed by atoms with Crippen LogP contribution in [0.2, 0.25) is 0 Å². The Morgan fingerprint density at radius 2 is 2.42 bits per heavy atom. The lowest BCUT2D eigenvalue weighted by Gasteiger charge is -1.90. The first-order chi connectivity index (χ1) is 5.74. The van der Waals surface area contributed by atoms with Crippen LogP contribution in [-0.4, -0.2) is 11.1 Å². The Labute approximate surface area is 69.6 Å². The Bertz CT molecular complexity index is 307. The molecule has 0 amide bonds. The standard InChI is InChI=1S/C9H8O3/c1-2-7(9(10)11)6-8-4-3-5-12-8/h2-6H,1H2,(H,10,11)/b7-6-. The number of hydrogen-bond donors (Lipinski definition) is 1. The van der Waals surface area contributed by atoms with E-state index >= 15 is 0 Å². The van der Waals surface area contributed by atoms with E-state index in [4.69, 9.17) is 9.52 Å². The third kappa shape index (κ3) is 1.85. The topological polar surface area (TPSA) is 50.4 Å². The van der Waals surface area contributed by atoms with Crippen molar-refractivity contribution in [1.82, 2.24) is 0 Å². The molecule has 1 aromatic heterocycles. The Hall–Kier alpha value is -1.77. The molecule has 0 saturated heterocycles. The van der Waals surface area contributed by atoms with Crippen molar-refractivity contribution >= 4 is 12.0 Å². The van der Waals surface area contributed by atoms with Gasteiger partial charge in [-0.1, -0.05) is 12.7 Å². The van der Waals surface area contributed by atoms with Gasteiger partial charge in [0.15, 0.2) is 0 Å². The molecule has 3 heteroatoms. The lowest BCUT2D eigenvalue weighted by Crippen LogP contribution is -1.96. The van der Waals surface area contributed by atoms with Crippen molar-refractivity contribution in [1.29, 1.82) is 0 Å². The molecule has 1 N–H and O–H groups in total. The molecule has 0 bridgehead atoms. The van der Waals surface area contributed by atoms with Crippen LogP contribution in [0.15, 0.2) is 41.0 Å². The van der Waals surface area contributed by atoms with Crippen LogP contribution >= 0.6 is 0 Å². The maximum absolute atomic E-state index is 10.5. The fourth-order valence-corrected chi connectivity index (χ4v) is 0.735. The number of hydrogen-bond acceptors (Lipinski definition) is 2. The number of furan rings is 1. The Balaban J connectivity index is 2.93. The van der Waals surface area contributed by atoms with Gasteiger partial charge in [0, 0.05) is 0 Å². The normalized spacial score (nSPS) is 11.2. The molecule has 0 unspecified atom stereocenters. The molecule has 0 aliphatic heterocycles. The average molecular weight is 164 g/mol. The molecule has 0 spiro atoms. The molecular weight excluding hydrogens is 156 g/mol. The van der Waals surface area contributed by atoms with E-state index in [1.165, 1.54) is 18.4 Å². The zero-order valence-electron chi connectivity index (χ0n) is 6.36. The van der Waals surface area contributed by atoms with Crippen LogP contribution in [0, 0.1) is 0 Å². The van der Waals surface area contributed by atoms with Crippen LogP contribution in [0.3, 0.4) is 0 Å². The van der Waals surface area contributed by atoms with Crippen LogP contribution < -0.4 is 0 Å². The third-order valence-corrected chi connectivity index (χ3v) is 1.31. The van der Waals surface area contributed by atoms with Gasteiger partial charge in [0.2, 0.25) is 0 Å². The van der Waals surface area contributed by atoms with E-state index in [0.717, 1.165) is 0 Å². The summed E-state index contributed by atoms with van der Waals surface area (Å²) in [6.45, 7) is 3.37. The van der Waals surface area contributed by atoms with Crippen LogP contribution in [0.1, 0.15) is 5.76 Å². The van der Waals surface area contributed by atoms with Gasteiger partial charge in [0.05, 0.1) is 11.8 Å². The van der Waals surface area contributed by atoms with Gasteiger partial charge >= 0.3 is 5.97 Å². The second-order valence-electron chi connectivity index (χ2n) is 2.12. The fourth-order valence-electron chi connectivity index (χ4n) is 0.735. The van der Waals surface area contributed by atoms with Crippen LogP contribution in [0.25, 0.3) is 6.08 Å². The van der Waals surface area contributed by atoms with Crippen molar-refractivity contribution in [2.45, 2.75) is 0 Å². The quantitative estimate of drug-likeness (QED) is 0.548. The van der Waals surface area contributed by atoms with E-state index in [2.05, 4.69) is 6.58 Å². The van der Waals surface area contributed by atoms with Crippen molar-refractivity contribution in [2.24, 2.45) is 0 Å². The Morgan fingerprint density at radius 3 is 2.83 bits per heavy atom. The Morgan fingerprint density at radius 1 is 1.67 bits per heavy atom. The van der Waals surface area contributed by atoms with Gasteiger partial charge < -0.3 is 9.52 Å². The van der Waals surface area contributed by atoms with Gasteiger partial charge in [0.1, 0.15) is 5.76 Å². The van der Waals surface area contributed by atoms with Gasteiger partial charge in [-0.3, -0.25) is 0 Å². The van der Waals surface area contributed by atoms with Gasteiger partial charge in [-0.15, -0.1) is 0 Å². The molecule has 0 atom stereocenters. The highest BCUT2D eigenvalue weighted by atomic mass is 16.4. The van der Waals surface area contributed by atoms with Crippen molar-refractivity contribution in [2.75, 3.05) is 0 Å². The van der Waals surface area contributed by atoms with Crippen molar-refractivity contribution in [3.8, 4) is 0 Å². The molecule has 0 aliphatic carbocycles. The number of aliphatic carboxylic acids is 1. The van der Waals surface area contributed by atoms with Crippen LogP contribution in [-0.2, 0) is 4.79 Å². The summed E-state index contributed by atoms with van der Waals surface area (Å²) in [6.07, 6.45) is 4.16. The highest BCUT2D eigenvalue weighted by molar-refractivity contribution is 5.94. The summed E-state index contributed by atoms with van der Waals surface area (Å²) in [7, 11) is 0. The lowest BCUT2D eigenvalue weighted by molar-refractivity contribution is -0.132. The number of carboxylic acid groups (broad SMARTS) is 1. The number of carboxylic acids is 1. The minimum Gasteiger partial charge on any atom is -0.478 e. The van der Waals surface area contributed by atoms with E-state index in [0.29, 0.717) is 5.76 Å². The van der Waals surface area contributed by atoms with Gasteiger partial charge in [-0.05, 0) is 18.2 Å². The van der Waals surface area contributed by atoms with E-state index < -0.39 is 5.97 Å². The smallest absolute Gasteiger partial charge is 0.335 e. The Kier molecular flexibility index (Phi) is 2.48. The third-order valence-electron chi connectivity index (χ3n) is 1.31. The van der Waals surface area contributed by atoms with Crippen molar-refractivity contribution in [3.05, 3.63) is 42.4 Å². The molecule has 1 rings (SSSR count). The minimum absolute atomic E-state index is 0.116. The summed E-state index contributed by atoms with van der Waals surface area (Å²) in [5.41, 5.74) is 0.116. The number of rotatable bonds is 3. The van der Waals surface area contributed by atoms with E-state index in [9.17, 15) is 4.79 Å². The monoisotopic (exact) mass is 164 g/mol. The highest BCUT2D eigenvalue weighted by Crippen LogP contribution is 2.07. The second-order valence-corrected chi connectivity index (χ2v) is 2.12. The molecular formula is C9H8O3. The molecule has 0 fully saturated rings. The zero-order valence-corrected chi connectivity index (χ0v) is 6.36. The zero-order chi connectivity index (χ0) is 8.97. The molecule has 1 aromatic rings. The minimum atomic E-state index is -1.01. The first-order valence-corrected chi connectivity index (χ1v) is 3.35. The van der Waals surface area contributed by atoms with Crippen molar-refractivity contribution in [3.63, 3.8) is 0 Å². The SMILES string of the molecule is C=C/C(=C/c1ccco1)C(=O)O. The number of carbonyl (C=O) groups is 1. The maximum atomic E-state index is 10.5. The summed E-state index contributed by atoms with van der Waals surface area (Å²) in [4.78, 5) is 10.5. The molecule has 0 radical (unpaired) electrons. The molecule has 0 aliphatic rings. The molecule has 0 saturated carbocycles. The lowest BCUT2D eigenvalue weighted by atomic mass is 10.2. The van der Waals surface area contributed by atoms with E-state index in [1.807, 2.05) is 0 Å². The summed E-state index contributed by atoms with van der Waals surface area (Å²) in [6, 6.07) is 3.36.